The normalized spacial score (nSPS) is 19.4. The van der Waals surface area contributed by atoms with Crippen molar-refractivity contribution in [1.82, 2.24) is 10.2 Å². The van der Waals surface area contributed by atoms with Crippen LogP contribution in [0.2, 0.25) is 0 Å². The van der Waals surface area contributed by atoms with Crippen molar-refractivity contribution in [2.45, 2.75) is 44.8 Å². The molecule has 5 heteroatoms. The van der Waals surface area contributed by atoms with Gasteiger partial charge in [-0.15, -0.1) is 0 Å². The summed E-state index contributed by atoms with van der Waals surface area (Å²) in [4.78, 5) is 14.3. The highest BCUT2D eigenvalue weighted by Crippen LogP contribution is 2.15. The smallest absolute Gasteiger partial charge is 0.239 e. The number of carbonyl (C=O) groups excluding carboxylic acids is 1. The SMILES string of the molecule is CC(NCC(O)c1ccsc1)C(=O)N1CCCCCC1. The van der Waals surface area contributed by atoms with Crippen LogP contribution in [0.25, 0.3) is 0 Å². The van der Waals surface area contributed by atoms with Gasteiger partial charge in [-0.25, -0.2) is 0 Å². The Bertz CT molecular complexity index is 400. The van der Waals surface area contributed by atoms with Gasteiger partial charge >= 0.3 is 0 Å². The van der Waals surface area contributed by atoms with E-state index in [4.69, 9.17) is 0 Å². The van der Waals surface area contributed by atoms with Crippen molar-refractivity contribution in [2.24, 2.45) is 0 Å². The first kappa shape index (κ1) is 15.5. The van der Waals surface area contributed by atoms with Gasteiger partial charge in [0.05, 0.1) is 12.1 Å². The summed E-state index contributed by atoms with van der Waals surface area (Å²) in [6, 6.07) is 1.68. The predicted octanol–water partition coefficient (Wildman–Crippen LogP) is 2.16. The van der Waals surface area contributed by atoms with Crippen LogP contribution in [0.3, 0.4) is 0 Å². The first-order valence-corrected chi connectivity index (χ1v) is 8.35. The first-order chi connectivity index (χ1) is 9.68. The number of carbonyl (C=O) groups is 1. The highest BCUT2D eigenvalue weighted by molar-refractivity contribution is 7.07. The Labute approximate surface area is 124 Å². The summed E-state index contributed by atoms with van der Waals surface area (Å²) in [7, 11) is 0. The van der Waals surface area contributed by atoms with Crippen LogP contribution in [-0.2, 0) is 4.79 Å². The van der Waals surface area contributed by atoms with Gasteiger partial charge in [-0.1, -0.05) is 12.8 Å². The fourth-order valence-electron chi connectivity index (χ4n) is 2.52. The molecule has 1 aliphatic heterocycles. The number of hydrogen-bond acceptors (Lipinski definition) is 4. The third-order valence-corrected chi connectivity index (χ3v) is 4.53. The van der Waals surface area contributed by atoms with Gasteiger partial charge in [-0.2, -0.15) is 11.3 Å². The Morgan fingerprint density at radius 3 is 2.70 bits per heavy atom. The van der Waals surface area contributed by atoms with E-state index in [0.717, 1.165) is 31.5 Å². The fourth-order valence-corrected chi connectivity index (χ4v) is 3.23. The Balaban J connectivity index is 1.78. The Kier molecular flexibility index (Phi) is 6.01. The van der Waals surface area contributed by atoms with Crippen LogP contribution in [0.15, 0.2) is 16.8 Å². The minimum atomic E-state index is -0.541. The lowest BCUT2D eigenvalue weighted by Crippen LogP contribution is -2.46. The molecule has 0 radical (unpaired) electrons. The number of hydrogen-bond donors (Lipinski definition) is 2. The number of thiophene rings is 1. The van der Waals surface area contributed by atoms with Gasteiger partial charge in [-0.05, 0) is 42.2 Å². The predicted molar refractivity (Wildman–Crippen MR) is 81.8 cm³/mol. The Morgan fingerprint density at radius 1 is 1.40 bits per heavy atom. The lowest BCUT2D eigenvalue weighted by molar-refractivity contribution is -0.133. The molecule has 1 aliphatic rings. The molecule has 2 N–H and O–H groups in total. The second-order valence-electron chi connectivity index (χ2n) is 5.44. The van der Waals surface area contributed by atoms with Crippen molar-refractivity contribution in [3.05, 3.63) is 22.4 Å². The highest BCUT2D eigenvalue weighted by atomic mass is 32.1. The molecular weight excluding hydrogens is 272 g/mol. The maximum atomic E-state index is 12.3. The molecule has 112 valence electrons. The average molecular weight is 296 g/mol. The molecule has 2 heterocycles. The topological polar surface area (TPSA) is 52.6 Å². The zero-order chi connectivity index (χ0) is 14.4. The molecule has 4 nitrogen and oxygen atoms in total. The van der Waals surface area contributed by atoms with E-state index in [1.165, 1.54) is 12.8 Å². The summed E-state index contributed by atoms with van der Waals surface area (Å²) in [5.41, 5.74) is 0.914. The average Bonchev–Trinajstić information content (AvgIpc) is 2.86. The second-order valence-corrected chi connectivity index (χ2v) is 6.22. The molecule has 0 spiro atoms. The number of rotatable bonds is 5. The number of nitrogens with zero attached hydrogens (tertiary/aromatic N) is 1. The molecule has 2 atom stereocenters. The van der Waals surface area contributed by atoms with Crippen LogP contribution >= 0.6 is 11.3 Å². The number of likely N-dealkylation sites (tertiary alicyclic amines) is 1. The molecule has 1 aromatic rings. The van der Waals surface area contributed by atoms with Crippen LogP contribution in [0, 0.1) is 0 Å². The number of nitrogens with one attached hydrogen (secondary N) is 1. The summed E-state index contributed by atoms with van der Waals surface area (Å²) in [6.45, 7) is 4.04. The number of amides is 1. The van der Waals surface area contributed by atoms with E-state index in [1.54, 1.807) is 11.3 Å². The summed E-state index contributed by atoms with van der Waals surface area (Å²) in [5.74, 6) is 0.157. The molecule has 20 heavy (non-hydrogen) atoms. The van der Waals surface area contributed by atoms with Crippen LogP contribution in [0.4, 0.5) is 0 Å². The number of aliphatic hydroxyl groups is 1. The first-order valence-electron chi connectivity index (χ1n) is 7.41. The van der Waals surface area contributed by atoms with Gasteiger partial charge in [0.2, 0.25) is 5.91 Å². The second kappa shape index (κ2) is 7.76. The lowest BCUT2D eigenvalue weighted by atomic mass is 10.2. The third-order valence-electron chi connectivity index (χ3n) is 3.83. The van der Waals surface area contributed by atoms with E-state index >= 15 is 0 Å². The maximum absolute atomic E-state index is 12.3. The molecular formula is C15H24N2O2S. The Morgan fingerprint density at radius 2 is 2.10 bits per heavy atom. The van der Waals surface area contributed by atoms with Gasteiger partial charge < -0.3 is 15.3 Å². The summed E-state index contributed by atoms with van der Waals surface area (Å²) < 4.78 is 0. The van der Waals surface area contributed by atoms with Crippen LogP contribution in [0.5, 0.6) is 0 Å². The van der Waals surface area contributed by atoms with Crippen molar-refractivity contribution < 1.29 is 9.90 Å². The van der Waals surface area contributed by atoms with Crippen molar-refractivity contribution in [3.8, 4) is 0 Å². The van der Waals surface area contributed by atoms with Crippen LogP contribution in [-0.4, -0.2) is 41.6 Å². The van der Waals surface area contributed by atoms with Crippen LogP contribution < -0.4 is 5.32 Å². The van der Waals surface area contributed by atoms with Gasteiger partial charge in [0.1, 0.15) is 0 Å². The summed E-state index contributed by atoms with van der Waals surface area (Å²) in [5, 5.41) is 17.1. The lowest BCUT2D eigenvalue weighted by Gasteiger charge is -2.25. The molecule has 2 unspecified atom stereocenters. The van der Waals surface area contributed by atoms with Gasteiger partial charge in [0.25, 0.3) is 0 Å². The zero-order valence-corrected chi connectivity index (χ0v) is 12.9. The van der Waals surface area contributed by atoms with E-state index in [2.05, 4.69) is 5.32 Å². The maximum Gasteiger partial charge on any atom is 0.239 e. The third kappa shape index (κ3) is 4.30. The minimum Gasteiger partial charge on any atom is -0.387 e. The minimum absolute atomic E-state index is 0.157. The van der Waals surface area contributed by atoms with Crippen molar-refractivity contribution >= 4 is 17.2 Å². The van der Waals surface area contributed by atoms with E-state index in [-0.39, 0.29) is 11.9 Å². The molecule has 0 aromatic carbocycles. The van der Waals surface area contributed by atoms with Gasteiger partial charge in [0.15, 0.2) is 0 Å². The Hall–Kier alpha value is -0.910. The van der Waals surface area contributed by atoms with Crippen molar-refractivity contribution in [2.75, 3.05) is 19.6 Å². The zero-order valence-electron chi connectivity index (χ0n) is 12.0. The molecule has 1 aromatic heterocycles. The van der Waals surface area contributed by atoms with Gasteiger partial charge in [0, 0.05) is 19.6 Å². The largest absolute Gasteiger partial charge is 0.387 e. The van der Waals surface area contributed by atoms with Crippen molar-refractivity contribution in [1.29, 1.82) is 0 Å². The summed E-state index contributed by atoms with van der Waals surface area (Å²) >= 11 is 1.57. The monoisotopic (exact) mass is 296 g/mol. The fraction of sp³-hybridized carbons (Fsp3) is 0.667. The molecule has 1 fully saturated rings. The number of aliphatic hydroxyl groups excluding tert-OH is 1. The van der Waals surface area contributed by atoms with E-state index in [1.807, 2.05) is 28.7 Å². The van der Waals surface area contributed by atoms with Crippen LogP contribution in [0.1, 0.15) is 44.3 Å². The van der Waals surface area contributed by atoms with Gasteiger partial charge in [-0.3, -0.25) is 4.79 Å². The molecule has 0 saturated carbocycles. The van der Waals surface area contributed by atoms with E-state index < -0.39 is 6.10 Å². The quantitative estimate of drug-likeness (QED) is 0.875. The molecule has 1 saturated heterocycles. The summed E-state index contributed by atoms with van der Waals surface area (Å²) in [6.07, 6.45) is 4.12. The molecule has 0 aliphatic carbocycles. The molecule has 0 bridgehead atoms. The molecule has 1 amide bonds. The van der Waals surface area contributed by atoms with Crippen molar-refractivity contribution in [3.63, 3.8) is 0 Å². The van der Waals surface area contributed by atoms with E-state index in [9.17, 15) is 9.90 Å². The van der Waals surface area contributed by atoms with E-state index in [0.29, 0.717) is 6.54 Å². The molecule has 2 rings (SSSR count). The standard InChI is InChI=1S/C15H24N2O2S/c1-12(15(19)17-7-4-2-3-5-8-17)16-10-14(18)13-6-9-20-11-13/h6,9,11-12,14,16,18H,2-5,7-8,10H2,1H3. The highest BCUT2D eigenvalue weighted by Gasteiger charge is 2.21.